The van der Waals surface area contributed by atoms with Gasteiger partial charge in [-0.15, -0.1) is 0 Å². The first-order valence-electron chi connectivity index (χ1n) is 28.6. The predicted octanol–water partition coefficient (Wildman–Crippen LogP) is -13.0. The van der Waals surface area contributed by atoms with E-state index in [1.165, 1.54) is 6.92 Å². The summed E-state index contributed by atoms with van der Waals surface area (Å²) in [5, 5.41) is 234. The number of hydrogen-bond donors (Lipinski definition) is 22. The third-order valence-electron chi connectivity index (χ3n) is 16.9. The summed E-state index contributed by atoms with van der Waals surface area (Å²) in [6.07, 6.45) is -67.8. The Morgan fingerprint density at radius 1 is 0.360 bits per heavy atom. The van der Waals surface area contributed by atoms with E-state index in [1.54, 1.807) is 0 Å². The predicted molar refractivity (Wildman–Crippen MR) is 285 cm³/mol. The Labute approximate surface area is 514 Å². The van der Waals surface area contributed by atoms with Gasteiger partial charge in [0, 0.05) is 17.3 Å². The zero-order chi connectivity index (χ0) is 65.2. The van der Waals surface area contributed by atoms with E-state index in [0.29, 0.717) is 0 Å². The Morgan fingerprint density at radius 3 is 0.933 bits per heavy atom. The van der Waals surface area contributed by atoms with Crippen LogP contribution >= 0.6 is 23.5 Å². The molecule has 0 spiro atoms. The molecule has 1 saturated carbocycles. The van der Waals surface area contributed by atoms with Gasteiger partial charge in [-0.3, -0.25) is 9.59 Å². The highest BCUT2D eigenvalue weighted by Gasteiger charge is 2.59. The van der Waals surface area contributed by atoms with Crippen LogP contribution in [0.4, 0.5) is 0 Å². The van der Waals surface area contributed by atoms with Crippen molar-refractivity contribution >= 4 is 35.5 Å². The Morgan fingerprint density at radius 2 is 0.629 bits per heavy atom. The van der Waals surface area contributed by atoms with Gasteiger partial charge in [0.05, 0.1) is 57.3 Å². The van der Waals surface area contributed by atoms with Gasteiger partial charge in [0.15, 0.2) is 37.7 Å². The minimum Gasteiger partial charge on any atom is -0.481 e. The lowest BCUT2D eigenvalue weighted by atomic mass is 9.81. The number of carboxylic acids is 2. The molecular formula is C50H83NO36S2. The maximum absolute atomic E-state index is 11.8. The molecule has 21 fully saturated rings. The molecule has 0 aromatic rings. The van der Waals surface area contributed by atoms with Crippen molar-refractivity contribution in [1.82, 2.24) is 0 Å². The number of aliphatic hydroxyl groups is 19. The average Bonchev–Trinajstić information content (AvgIpc) is 0.983. The Hall–Kier alpha value is -1.68. The van der Waals surface area contributed by atoms with Gasteiger partial charge in [0.2, 0.25) is 0 Å². The van der Waals surface area contributed by atoms with E-state index in [-0.39, 0.29) is 29.4 Å². The molecule has 516 valence electrons. The van der Waals surface area contributed by atoms with Crippen molar-refractivity contribution in [2.45, 2.75) is 228 Å². The van der Waals surface area contributed by atoms with Gasteiger partial charge in [-0.05, 0) is 18.1 Å². The van der Waals surface area contributed by atoms with Crippen LogP contribution in [0.25, 0.3) is 0 Å². The topological polar surface area (TPSA) is 605 Å². The van der Waals surface area contributed by atoms with Crippen molar-refractivity contribution in [2.75, 3.05) is 56.0 Å². The van der Waals surface area contributed by atoms with E-state index in [9.17, 15) is 117 Å². The number of rotatable bonds is 15. The average molecular weight is 1340 g/mol. The summed E-state index contributed by atoms with van der Waals surface area (Å²) in [6, 6.07) is -1.46. The Kier molecular flexibility index (Phi) is 26.2. The number of carbonyl (C=O) groups is 2. The Bertz CT molecular complexity index is 2190. The zero-order valence-corrected chi connectivity index (χ0v) is 49.0. The first-order valence-corrected chi connectivity index (χ1v) is 31.0. The van der Waals surface area contributed by atoms with Gasteiger partial charge in [0.25, 0.3) is 0 Å². The number of carboxylic acid groups (broad SMARTS) is 2. The highest BCUT2D eigenvalue weighted by molar-refractivity contribution is 7.99. The number of nitrogens with two attached hydrogens (primary N) is 1. The van der Waals surface area contributed by atoms with Crippen LogP contribution in [0.15, 0.2) is 0 Å². The minimum absolute atomic E-state index is 0.0167. The number of ether oxygens (including phenoxy) is 13. The SMILES string of the molecule is C[C@H](CSCC1C[C@@H]2O[C@@H]3C(CO)O[C@H](O[C@@H]4C(CO)O[C@H](O[C@@H]5C(CSC[C@@H](N)C(=O)O)O[C@H](O[C@@H]6C(CO)O[C@H](O[C@@H]7C(CO)O[C@H](O[C@@H]8C(CO)O[C@H](O[C@H]1[C@H](O)C2O)C(O)[C@H]8O)[C@@H](O)C7O)[C@@H](O)C6O)[C@@H](O)C5O)[C@@H](O)C4O)[C@@H](O)C3O)C(=O)O. The summed E-state index contributed by atoms with van der Waals surface area (Å²) < 4.78 is 76.4. The maximum atomic E-state index is 11.8. The van der Waals surface area contributed by atoms with Crippen molar-refractivity contribution in [3.63, 3.8) is 0 Å². The van der Waals surface area contributed by atoms with E-state index < -0.39 is 272 Å². The van der Waals surface area contributed by atoms with Crippen LogP contribution in [0.5, 0.6) is 0 Å². The molecule has 1 aliphatic carbocycles. The van der Waals surface area contributed by atoms with Gasteiger partial charge in [0.1, 0.15) is 159 Å². The fraction of sp³-hybridized carbons (Fsp3) is 0.960. The molecule has 20 saturated heterocycles. The molecule has 21 aliphatic rings. The molecule has 0 amide bonds. The highest BCUT2D eigenvalue weighted by atomic mass is 32.2. The molecule has 23 N–H and O–H groups in total. The van der Waals surface area contributed by atoms with Crippen LogP contribution in [-0.4, -0.2) is 390 Å². The fourth-order valence-electron chi connectivity index (χ4n) is 11.7. The van der Waals surface area contributed by atoms with Crippen LogP contribution in [0.2, 0.25) is 0 Å². The normalized spacial score (nSPS) is 50.1. The molecule has 37 atom stereocenters. The standard InChI is InChI=1S/C50H83NO36S2/c1-12(43(71)72)8-88-9-13-2-15-22(57)23(58)36(13)82-45-31(66)25(60)38(17(4-53)77-45)84-47-32(67)26(61)39(18(5-54)78-47)85-48-33(68)27(62)41(20(7-56)79-48)86-50-35(70)29(64)42(21(81-50)11-89-10-14(51)44(73)74)87-49-34(69)28(63)40(19(6-55)80-49)83-46-30(65)24(59)37(75-15)16(3-52)76-46/h12-42,45-50,52-70H,2-11,51H2,1H3,(H,71,72)(H,73,74)/t12-,13?,14-,15+,16?,17?,18?,19?,20?,21?,22?,23-,24?,25-,26?,27?,28?,29?,30+,31?,32+,33+,34+,35+,36-,37-,38-,39-,40-,41-,42-,45-,46-,47-,48-,49-,50-/m1/s1. The first kappa shape index (κ1) is 73.1. The second-order valence-corrected chi connectivity index (χ2v) is 25.2. The first-order chi connectivity index (χ1) is 42.2. The molecule has 0 aromatic carbocycles. The van der Waals surface area contributed by atoms with Gasteiger partial charge < -0.3 is 175 Å². The summed E-state index contributed by atoms with van der Waals surface area (Å²) in [4.78, 5) is 23.4. The second-order valence-electron chi connectivity index (χ2n) is 23.0. The van der Waals surface area contributed by atoms with Crippen LogP contribution in [0, 0.1) is 11.8 Å². The minimum atomic E-state index is -2.24. The fourth-order valence-corrected chi connectivity index (χ4v) is 14.0. The van der Waals surface area contributed by atoms with Crippen molar-refractivity contribution in [3.8, 4) is 0 Å². The molecule has 39 heteroatoms. The number of hydrogen-bond acceptors (Lipinski definition) is 37. The van der Waals surface area contributed by atoms with Crippen LogP contribution in [0.1, 0.15) is 13.3 Å². The van der Waals surface area contributed by atoms with E-state index in [2.05, 4.69) is 0 Å². The van der Waals surface area contributed by atoms with Gasteiger partial charge in [-0.2, -0.15) is 23.5 Å². The molecule has 14 unspecified atom stereocenters. The quantitative estimate of drug-likeness (QED) is 0.0724. The monoisotopic (exact) mass is 1340 g/mol. The highest BCUT2D eigenvalue weighted by Crippen LogP contribution is 2.41. The lowest BCUT2D eigenvalue weighted by Crippen LogP contribution is -2.68. The zero-order valence-electron chi connectivity index (χ0n) is 47.3. The molecule has 21 rings (SSSR count). The van der Waals surface area contributed by atoms with Crippen molar-refractivity contribution in [2.24, 2.45) is 17.6 Å². The van der Waals surface area contributed by atoms with Crippen LogP contribution in [0.3, 0.4) is 0 Å². The largest absolute Gasteiger partial charge is 0.481 e. The summed E-state index contributed by atoms with van der Waals surface area (Å²) in [7, 11) is 0. The van der Waals surface area contributed by atoms with Crippen molar-refractivity contribution < 1.29 is 178 Å². The number of aliphatic carboxylic acids is 2. The summed E-state index contributed by atoms with van der Waals surface area (Å²) in [5.41, 5.74) is 5.71. The molecular weight excluding hydrogens is 1250 g/mol. The lowest BCUT2D eigenvalue weighted by Gasteiger charge is -2.50. The molecule has 20 aliphatic heterocycles. The van der Waals surface area contributed by atoms with E-state index in [4.69, 9.17) is 67.3 Å². The molecule has 20 heterocycles. The van der Waals surface area contributed by atoms with Crippen LogP contribution in [-0.2, 0) is 71.2 Å². The van der Waals surface area contributed by atoms with Crippen molar-refractivity contribution in [3.05, 3.63) is 0 Å². The second kappa shape index (κ2) is 31.9. The van der Waals surface area contributed by atoms with E-state index in [1.807, 2.05) is 0 Å². The Balaban J connectivity index is 1.11. The molecule has 89 heavy (non-hydrogen) atoms. The molecule has 0 radical (unpaired) electrons. The third kappa shape index (κ3) is 15.9. The smallest absolute Gasteiger partial charge is 0.321 e. The summed E-state index contributed by atoms with van der Waals surface area (Å²) in [5.74, 6) is -5.31. The van der Waals surface area contributed by atoms with E-state index in [0.717, 1.165) is 23.5 Å². The number of thioether (sulfide) groups is 2. The van der Waals surface area contributed by atoms with Gasteiger partial charge in [-0.25, -0.2) is 0 Å². The summed E-state index contributed by atoms with van der Waals surface area (Å²) in [6.45, 7) is -3.85. The van der Waals surface area contributed by atoms with E-state index >= 15 is 0 Å². The molecule has 0 aromatic heterocycles. The third-order valence-corrected chi connectivity index (χ3v) is 19.5. The van der Waals surface area contributed by atoms with Gasteiger partial charge in [-0.1, -0.05) is 6.92 Å². The maximum Gasteiger partial charge on any atom is 0.321 e. The lowest BCUT2D eigenvalue weighted by molar-refractivity contribution is -0.394. The molecule has 37 nitrogen and oxygen atoms in total. The van der Waals surface area contributed by atoms with Crippen LogP contribution < -0.4 is 5.73 Å². The van der Waals surface area contributed by atoms with Crippen molar-refractivity contribution in [1.29, 1.82) is 0 Å². The summed E-state index contributed by atoms with van der Waals surface area (Å²) >= 11 is 1.86. The molecule has 14 bridgehead atoms. The number of aliphatic hydroxyl groups excluding tert-OH is 19. The van der Waals surface area contributed by atoms with Gasteiger partial charge >= 0.3 is 11.9 Å².